The van der Waals surface area contributed by atoms with Gasteiger partial charge in [0.15, 0.2) is 0 Å². The summed E-state index contributed by atoms with van der Waals surface area (Å²) in [7, 11) is 6.75. The zero-order chi connectivity index (χ0) is 23.4. The Hall–Kier alpha value is -3.39. The zero-order valence-corrected chi connectivity index (χ0v) is 18.6. The molecule has 1 heterocycles. The van der Waals surface area contributed by atoms with Gasteiger partial charge in [0, 0.05) is 40.0 Å². The maximum atomic E-state index is 14.0. The number of Topliss-reactive ketones (excluding diaryl/α,β-unsaturated/α-hetero) is 1. The lowest BCUT2D eigenvalue weighted by atomic mass is 9.94. The van der Waals surface area contributed by atoms with Crippen molar-refractivity contribution >= 4 is 23.1 Å². The number of nitrogens with zero attached hydrogens (tertiary/aromatic N) is 2. The lowest BCUT2D eigenvalue weighted by Gasteiger charge is -2.26. The SMILES string of the molecule is COCCCN1C(=O)C(=O)/C(=C(/O)c2cc(F)ccc2OC)C1c1ccc(N(C)C)cc1. The molecule has 32 heavy (non-hydrogen) atoms. The molecule has 170 valence electrons. The van der Waals surface area contributed by atoms with Crippen molar-refractivity contribution in [3.8, 4) is 5.75 Å². The van der Waals surface area contributed by atoms with Crippen LogP contribution in [-0.2, 0) is 14.3 Å². The Morgan fingerprint density at radius 1 is 1.12 bits per heavy atom. The van der Waals surface area contributed by atoms with Gasteiger partial charge < -0.3 is 24.4 Å². The van der Waals surface area contributed by atoms with Crippen LogP contribution in [-0.4, -0.2) is 63.2 Å². The van der Waals surface area contributed by atoms with E-state index in [1.807, 2.05) is 43.3 Å². The highest BCUT2D eigenvalue weighted by Gasteiger charge is 2.46. The van der Waals surface area contributed by atoms with Gasteiger partial charge in [-0.3, -0.25) is 9.59 Å². The number of anilines is 1. The average Bonchev–Trinajstić information content (AvgIpc) is 3.03. The standard InChI is InChI=1S/C24H27FN2O5/c1-26(2)17-9-6-15(7-10-17)21-20(23(29)24(30)27(21)12-5-13-31-3)22(28)18-14-16(25)8-11-19(18)32-4/h6-11,14,21,28H,5,12-13H2,1-4H3/b22-20+. The minimum atomic E-state index is -0.826. The predicted octanol–water partition coefficient (Wildman–Crippen LogP) is 3.36. The van der Waals surface area contributed by atoms with Crippen molar-refractivity contribution in [3.63, 3.8) is 0 Å². The first-order valence-electron chi connectivity index (χ1n) is 10.2. The van der Waals surface area contributed by atoms with Gasteiger partial charge in [0.2, 0.25) is 0 Å². The summed E-state index contributed by atoms with van der Waals surface area (Å²) < 4.78 is 24.3. The monoisotopic (exact) mass is 442 g/mol. The van der Waals surface area contributed by atoms with Crippen LogP contribution >= 0.6 is 0 Å². The quantitative estimate of drug-likeness (QED) is 0.292. The van der Waals surface area contributed by atoms with E-state index in [-0.39, 0.29) is 23.4 Å². The molecule has 3 rings (SSSR count). The van der Waals surface area contributed by atoms with Gasteiger partial charge in [-0.2, -0.15) is 0 Å². The zero-order valence-electron chi connectivity index (χ0n) is 18.6. The number of aliphatic hydroxyl groups excluding tert-OH is 1. The van der Waals surface area contributed by atoms with E-state index >= 15 is 0 Å². The van der Waals surface area contributed by atoms with E-state index in [1.54, 1.807) is 7.11 Å². The second-order valence-electron chi connectivity index (χ2n) is 7.67. The third kappa shape index (κ3) is 4.45. The van der Waals surface area contributed by atoms with Gasteiger partial charge >= 0.3 is 0 Å². The number of ketones is 1. The molecule has 1 unspecified atom stereocenters. The van der Waals surface area contributed by atoms with Crippen molar-refractivity contribution < 1.29 is 28.6 Å². The Bertz CT molecular complexity index is 1030. The highest BCUT2D eigenvalue weighted by molar-refractivity contribution is 6.46. The highest BCUT2D eigenvalue weighted by atomic mass is 19.1. The van der Waals surface area contributed by atoms with Crippen LogP contribution in [0.4, 0.5) is 10.1 Å². The highest BCUT2D eigenvalue weighted by Crippen LogP contribution is 2.41. The van der Waals surface area contributed by atoms with E-state index in [0.29, 0.717) is 18.6 Å². The summed E-state index contributed by atoms with van der Waals surface area (Å²) in [5.41, 5.74) is 1.51. The van der Waals surface area contributed by atoms with Crippen molar-refractivity contribution in [1.82, 2.24) is 4.90 Å². The summed E-state index contributed by atoms with van der Waals surface area (Å²) in [6.07, 6.45) is 0.513. The number of carbonyl (C=O) groups is 2. The topological polar surface area (TPSA) is 79.3 Å². The van der Waals surface area contributed by atoms with Crippen LogP contribution in [0.2, 0.25) is 0 Å². The number of ether oxygens (including phenoxy) is 2. The number of hydrogen-bond acceptors (Lipinski definition) is 6. The summed E-state index contributed by atoms with van der Waals surface area (Å²) in [5, 5.41) is 11.1. The lowest BCUT2D eigenvalue weighted by Crippen LogP contribution is -2.31. The number of hydrogen-bond donors (Lipinski definition) is 1. The van der Waals surface area contributed by atoms with Crippen molar-refractivity contribution in [2.45, 2.75) is 12.5 Å². The van der Waals surface area contributed by atoms with E-state index in [1.165, 1.54) is 24.1 Å². The molecule has 0 aromatic heterocycles. The molecule has 1 fully saturated rings. The Kier molecular flexibility index (Phi) is 7.15. The Balaban J connectivity index is 2.17. The molecule has 2 aromatic rings. The van der Waals surface area contributed by atoms with Crippen LogP contribution in [0.25, 0.3) is 5.76 Å². The molecule has 0 saturated carbocycles. The van der Waals surface area contributed by atoms with Crippen molar-refractivity contribution in [3.05, 3.63) is 65.0 Å². The maximum absolute atomic E-state index is 14.0. The van der Waals surface area contributed by atoms with Gasteiger partial charge in [0.05, 0.1) is 24.3 Å². The smallest absolute Gasteiger partial charge is 0.295 e. The normalized spacial score (nSPS) is 17.7. The number of carbonyl (C=O) groups excluding carboxylic acids is 2. The fourth-order valence-electron chi connectivity index (χ4n) is 3.80. The van der Waals surface area contributed by atoms with E-state index in [4.69, 9.17) is 9.47 Å². The number of benzene rings is 2. The summed E-state index contributed by atoms with van der Waals surface area (Å²) >= 11 is 0. The fourth-order valence-corrected chi connectivity index (χ4v) is 3.80. The van der Waals surface area contributed by atoms with Crippen molar-refractivity contribution in [1.29, 1.82) is 0 Å². The van der Waals surface area contributed by atoms with Gasteiger partial charge in [-0.05, 0) is 42.3 Å². The van der Waals surface area contributed by atoms with Gasteiger partial charge in [-0.25, -0.2) is 4.39 Å². The first kappa shape index (κ1) is 23.3. The van der Waals surface area contributed by atoms with Crippen LogP contribution in [0, 0.1) is 5.82 Å². The van der Waals surface area contributed by atoms with Gasteiger partial charge in [0.1, 0.15) is 17.3 Å². The molecule has 8 heteroatoms. The van der Waals surface area contributed by atoms with Crippen LogP contribution in [0.5, 0.6) is 5.75 Å². The van der Waals surface area contributed by atoms with Crippen molar-refractivity contribution in [2.75, 3.05) is 46.4 Å². The number of rotatable bonds is 8. The van der Waals surface area contributed by atoms with Gasteiger partial charge in [-0.1, -0.05) is 12.1 Å². The Morgan fingerprint density at radius 2 is 1.81 bits per heavy atom. The van der Waals surface area contributed by atoms with Gasteiger partial charge in [-0.15, -0.1) is 0 Å². The number of aliphatic hydroxyl groups is 1. The third-order valence-corrected chi connectivity index (χ3v) is 5.43. The van der Waals surface area contributed by atoms with E-state index in [0.717, 1.165) is 11.8 Å². The molecule has 0 radical (unpaired) electrons. The molecule has 2 aromatic carbocycles. The first-order chi connectivity index (χ1) is 15.3. The second kappa shape index (κ2) is 9.82. The Labute approximate surface area is 186 Å². The summed E-state index contributed by atoms with van der Waals surface area (Å²) in [5.74, 6) is -2.44. The molecule has 0 aliphatic carbocycles. The molecule has 1 atom stereocenters. The number of amides is 1. The van der Waals surface area contributed by atoms with E-state index in [2.05, 4.69) is 0 Å². The number of likely N-dealkylation sites (tertiary alicyclic amines) is 1. The van der Waals surface area contributed by atoms with Crippen molar-refractivity contribution in [2.24, 2.45) is 0 Å². The molecule has 7 nitrogen and oxygen atoms in total. The minimum absolute atomic E-state index is 0.0114. The summed E-state index contributed by atoms with van der Waals surface area (Å²) in [6, 6.07) is 10.2. The van der Waals surface area contributed by atoms with E-state index in [9.17, 15) is 19.1 Å². The molecule has 1 saturated heterocycles. The molecule has 1 aliphatic heterocycles. The molecule has 0 bridgehead atoms. The summed E-state index contributed by atoms with van der Waals surface area (Å²) in [6.45, 7) is 0.669. The molecular formula is C24H27FN2O5. The third-order valence-electron chi connectivity index (χ3n) is 5.43. The second-order valence-corrected chi connectivity index (χ2v) is 7.67. The van der Waals surface area contributed by atoms with Crippen LogP contribution in [0.1, 0.15) is 23.6 Å². The summed E-state index contributed by atoms with van der Waals surface area (Å²) in [4.78, 5) is 29.3. The van der Waals surface area contributed by atoms with Crippen LogP contribution < -0.4 is 9.64 Å². The largest absolute Gasteiger partial charge is 0.507 e. The number of methoxy groups -OCH3 is 2. The van der Waals surface area contributed by atoms with E-state index < -0.39 is 29.3 Å². The average molecular weight is 442 g/mol. The molecule has 1 amide bonds. The predicted molar refractivity (Wildman–Crippen MR) is 119 cm³/mol. The van der Waals surface area contributed by atoms with Crippen LogP contribution in [0.15, 0.2) is 48.0 Å². The molecule has 1 aliphatic rings. The molecular weight excluding hydrogens is 415 g/mol. The Morgan fingerprint density at radius 3 is 2.41 bits per heavy atom. The lowest BCUT2D eigenvalue weighted by molar-refractivity contribution is -0.140. The fraction of sp³-hybridized carbons (Fsp3) is 0.333. The first-order valence-corrected chi connectivity index (χ1v) is 10.2. The van der Waals surface area contributed by atoms with Crippen LogP contribution in [0.3, 0.4) is 0 Å². The maximum Gasteiger partial charge on any atom is 0.295 e. The molecule has 0 spiro atoms. The van der Waals surface area contributed by atoms with Gasteiger partial charge in [0.25, 0.3) is 11.7 Å². The number of halogens is 1. The minimum Gasteiger partial charge on any atom is -0.507 e. The molecule has 1 N–H and O–H groups in total.